The molecule has 1 saturated carbocycles. The predicted octanol–water partition coefficient (Wildman–Crippen LogP) is 3.89. The number of carbonyl (C=O) groups excluding carboxylic acids is 1. The van der Waals surface area contributed by atoms with E-state index in [2.05, 4.69) is 46.7 Å². The Bertz CT molecular complexity index is 731. The third kappa shape index (κ3) is 6.83. The lowest BCUT2D eigenvalue weighted by molar-refractivity contribution is -0.131. The second kappa shape index (κ2) is 12.8. The molecule has 32 heavy (non-hydrogen) atoms. The molecule has 0 aromatic heterocycles. The molecule has 0 bridgehead atoms. The Morgan fingerprint density at radius 3 is 2.34 bits per heavy atom. The van der Waals surface area contributed by atoms with Crippen LogP contribution in [0.25, 0.3) is 0 Å². The zero-order chi connectivity index (χ0) is 21.5. The van der Waals surface area contributed by atoms with Crippen LogP contribution in [0.2, 0.25) is 0 Å². The van der Waals surface area contributed by atoms with E-state index < -0.39 is 0 Å². The van der Waals surface area contributed by atoms with Crippen LogP contribution in [-0.2, 0) is 17.9 Å². The van der Waals surface area contributed by atoms with Crippen LogP contribution < -0.4 is 10.6 Å². The van der Waals surface area contributed by atoms with E-state index in [0.717, 1.165) is 38.1 Å². The molecule has 4 rings (SSSR count). The summed E-state index contributed by atoms with van der Waals surface area (Å²) >= 11 is 0. The predicted molar refractivity (Wildman–Crippen MR) is 141 cm³/mol. The number of carbonyl (C=O) groups is 1. The Balaban J connectivity index is 0.00000289. The van der Waals surface area contributed by atoms with E-state index in [-0.39, 0.29) is 29.9 Å². The highest BCUT2D eigenvalue weighted by Crippen LogP contribution is 2.26. The minimum Gasteiger partial charge on any atom is -0.357 e. The molecule has 7 heteroatoms. The van der Waals surface area contributed by atoms with Crippen molar-refractivity contribution in [3.8, 4) is 0 Å². The Labute approximate surface area is 210 Å². The number of halogens is 1. The summed E-state index contributed by atoms with van der Waals surface area (Å²) in [4.78, 5) is 22.0. The number of benzene rings is 1. The van der Waals surface area contributed by atoms with Crippen LogP contribution in [-0.4, -0.2) is 59.9 Å². The maximum atomic E-state index is 12.6. The fraction of sp³-hybridized carbons (Fsp3) is 0.680. The number of nitrogens with one attached hydrogen (secondary N) is 2. The summed E-state index contributed by atoms with van der Waals surface area (Å²) < 4.78 is 0. The van der Waals surface area contributed by atoms with Gasteiger partial charge in [-0.05, 0) is 50.2 Å². The monoisotopic (exact) mass is 553 g/mol. The van der Waals surface area contributed by atoms with Crippen LogP contribution in [0.5, 0.6) is 0 Å². The number of fused-ring (bicyclic) bond motifs is 1. The molecule has 2 aliphatic heterocycles. The number of rotatable bonds is 7. The molecule has 178 valence electrons. The van der Waals surface area contributed by atoms with Crippen LogP contribution in [0.15, 0.2) is 29.3 Å². The Morgan fingerprint density at radius 2 is 1.72 bits per heavy atom. The summed E-state index contributed by atoms with van der Waals surface area (Å²) in [5.74, 6) is 1.14. The minimum atomic E-state index is 0. The molecule has 1 amide bonds. The molecule has 3 aliphatic rings. The Morgan fingerprint density at radius 1 is 1.06 bits per heavy atom. The van der Waals surface area contributed by atoms with Crippen molar-refractivity contribution in [2.75, 3.05) is 26.2 Å². The average Bonchev–Trinajstić information content (AvgIpc) is 3.47. The van der Waals surface area contributed by atoms with E-state index in [1.165, 1.54) is 62.7 Å². The quantitative estimate of drug-likeness (QED) is 0.233. The van der Waals surface area contributed by atoms with Crippen LogP contribution in [0.4, 0.5) is 0 Å². The normalized spacial score (nSPS) is 20.2. The van der Waals surface area contributed by atoms with Crippen molar-refractivity contribution in [3.05, 3.63) is 35.4 Å². The van der Waals surface area contributed by atoms with Gasteiger partial charge in [-0.3, -0.25) is 9.79 Å². The number of guanidine groups is 1. The van der Waals surface area contributed by atoms with Gasteiger partial charge in [0.2, 0.25) is 5.91 Å². The fourth-order valence-corrected chi connectivity index (χ4v) is 5.28. The number of hydrogen-bond acceptors (Lipinski definition) is 3. The number of nitrogens with zero attached hydrogens (tertiary/aromatic N) is 3. The zero-order valence-corrected chi connectivity index (χ0v) is 21.9. The molecule has 2 fully saturated rings. The average molecular weight is 554 g/mol. The van der Waals surface area contributed by atoms with E-state index in [1.807, 2.05) is 4.90 Å². The minimum absolute atomic E-state index is 0. The highest BCUT2D eigenvalue weighted by molar-refractivity contribution is 14.0. The first-order chi connectivity index (χ1) is 15.2. The Kier molecular flexibility index (Phi) is 10.1. The van der Waals surface area contributed by atoms with Crippen LogP contribution >= 0.6 is 24.0 Å². The highest BCUT2D eigenvalue weighted by atomic mass is 127. The summed E-state index contributed by atoms with van der Waals surface area (Å²) in [6.45, 7) is 7.56. The molecule has 0 radical (unpaired) electrons. The fourth-order valence-electron chi connectivity index (χ4n) is 5.28. The molecule has 1 aromatic rings. The van der Waals surface area contributed by atoms with E-state index >= 15 is 0 Å². The van der Waals surface area contributed by atoms with Gasteiger partial charge in [-0.2, -0.15) is 0 Å². The molecule has 1 saturated heterocycles. The summed E-state index contributed by atoms with van der Waals surface area (Å²) in [5, 5.41) is 7.02. The number of aliphatic imine (C=N–C) groups is 1. The molecule has 6 nitrogen and oxygen atoms in total. The molecule has 0 spiro atoms. The van der Waals surface area contributed by atoms with Crippen LogP contribution in [0, 0.1) is 0 Å². The Hall–Kier alpha value is -1.35. The van der Waals surface area contributed by atoms with Crippen LogP contribution in [0.1, 0.15) is 69.4 Å². The zero-order valence-electron chi connectivity index (χ0n) is 19.5. The number of amides is 1. The van der Waals surface area contributed by atoms with Gasteiger partial charge >= 0.3 is 0 Å². The van der Waals surface area contributed by atoms with Gasteiger partial charge in [0.1, 0.15) is 0 Å². The molecule has 0 atom stereocenters. The largest absolute Gasteiger partial charge is 0.357 e. The number of likely N-dealkylation sites (tertiary alicyclic amines) is 1. The first kappa shape index (κ1) is 25.3. The third-order valence-corrected chi connectivity index (χ3v) is 7.07. The third-order valence-electron chi connectivity index (χ3n) is 7.07. The van der Waals surface area contributed by atoms with E-state index in [4.69, 9.17) is 4.99 Å². The van der Waals surface area contributed by atoms with Gasteiger partial charge < -0.3 is 20.4 Å². The lowest BCUT2D eigenvalue weighted by atomic mass is 10.0. The van der Waals surface area contributed by atoms with E-state index in [1.54, 1.807) is 0 Å². The lowest BCUT2D eigenvalue weighted by Gasteiger charge is -2.36. The molecule has 2 N–H and O–H groups in total. The van der Waals surface area contributed by atoms with Gasteiger partial charge in [0, 0.05) is 57.8 Å². The standard InChI is InChI=1S/C25H39N5O.HI/c1-2-26-25(28-22-13-16-29(17-14-22)23-10-5-6-11-23)27-15-7-12-24(31)30-18-20-8-3-4-9-21(20)19-30;/h3-4,8-9,22-23H,2,5-7,10-19H2,1H3,(H2,26,27,28);1H. The highest BCUT2D eigenvalue weighted by Gasteiger charge is 2.27. The maximum absolute atomic E-state index is 12.6. The molecule has 0 unspecified atom stereocenters. The molecule has 1 aliphatic carbocycles. The molecule has 1 aromatic carbocycles. The van der Waals surface area contributed by atoms with Crippen molar-refractivity contribution in [2.24, 2.45) is 4.99 Å². The van der Waals surface area contributed by atoms with Crippen LogP contribution in [0.3, 0.4) is 0 Å². The van der Waals surface area contributed by atoms with Crippen molar-refractivity contribution >= 4 is 35.8 Å². The smallest absolute Gasteiger partial charge is 0.223 e. The summed E-state index contributed by atoms with van der Waals surface area (Å²) in [7, 11) is 0. The number of hydrogen-bond donors (Lipinski definition) is 2. The van der Waals surface area contributed by atoms with Gasteiger partial charge in [-0.1, -0.05) is 37.1 Å². The molecular weight excluding hydrogens is 513 g/mol. The van der Waals surface area contributed by atoms with Crippen molar-refractivity contribution in [1.29, 1.82) is 0 Å². The summed E-state index contributed by atoms with van der Waals surface area (Å²) in [6, 6.07) is 9.69. The second-order valence-electron chi connectivity index (χ2n) is 9.28. The molecular formula is C25H40IN5O. The van der Waals surface area contributed by atoms with E-state index in [9.17, 15) is 4.79 Å². The van der Waals surface area contributed by atoms with Crippen molar-refractivity contribution in [1.82, 2.24) is 20.4 Å². The van der Waals surface area contributed by atoms with Gasteiger partial charge in [-0.25, -0.2) is 0 Å². The van der Waals surface area contributed by atoms with Gasteiger partial charge in [0.25, 0.3) is 0 Å². The van der Waals surface area contributed by atoms with Gasteiger partial charge in [0.05, 0.1) is 0 Å². The maximum Gasteiger partial charge on any atom is 0.223 e. The SMILES string of the molecule is CCNC(=NCCCC(=O)N1Cc2ccccc2C1)NC1CCN(C2CCCC2)CC1.I. The van der Waals surface area contributed by atoms with Gasteiger partial charge in [0.15, 0.2) is 5.96 Å². The van der Waals surface area contributed by atoms with Crippen molar-refractivity contribution in [3.63, 3.8) is 0 Å². The molecule has 2 heterocycles. The first-order valence-electron chi connectivity index (χ1n) is 12.4. The summed E-state index contributed by atoms with van der Waals surface area (Å²) in [6.07, 6.45) is 9.35. The number of piperidine rings is 1. The van der Waals surface area contributed by atoms with Crippen molar-refractivity contribution < 1.29 is 4.79 Å². The van der Waals surface area contributed by atoms with Crippen molar-refractivity contribution in [2.45, 2.75) is 83.5 Å². The first-order valence-corrected chi connectivity index (χ1v) is 12.4. The lowest BCUT2D eigenvalue weighted by Crippen LogP contribution is -2.50. The van der Waals surface area contributed by atoms with Gasteiger partial charge in [-0.15, -0.1) is 24.0 Å². The topological polar surface area (TPSA) is 60.0 Å². The van der Waals surface area contributed by atoms with E-state index in [0.29, 0.717) is 19.0 Å². The summed E-state index contributed by atoms with van der Waals surface area (Å²) in [5.41, 5.74) is 2.57. The second-order valence-corrected chi connectivity index (χ2v) is 9.28.